The van der Waals surface area contributed by atoms with E-state index in [1.54, 1.807) is 6.07 Å². The molecule has 26 heavy (non-hydrogen) atoms. The standard InChI is InChI=1S/C16H13FN2O6S/c1-24-7-6-19-10-12(8-11(9-18)16(19)21)15(20)13-4-2-3-5-14(13)25-26(17,22)23/h2-5,8,10H,6-7H2,1H3. The molecule has 0 bridgehead atoms. The van der Waals surface area contributed by atoms with Gasteiger partial charge in [0, 0.05) is 25.4 Å². The van der Waals surface area contributed by atoms with Gasteiger partial charge in [-0.2, -0.15) is 13.7 Å². The van der Waals surface area contributed by atoms with Gasteiger partial charge in [-0.05, 0) is 18.2 Å². The highest BCUT2D eigenvalue weighted by Crippen LogP contribution is 2.23. The number of benzene rings is 1. The Morgan fingerprint density at radius 1 is 1.35 bits per heavy atom. The van der Waals surface area contributed by atoms with Gasteiger partial charge >= 0.3 is 10.5 Å². The van der Waals surface area contributed by atoms with Crippen molar-refractivity contribution in [2.45, 2.75) is 6.54 Å². The molecule has 10 heteroatoms. The van der Waals surface area contributed by atoms with Crippen LogP contribution in [0.15, 0.2) is 41.3 Å². The van der Waals surface area contributed by atoms with Crippen LogP contribution in [-0.4, -0.2) is 32.5 Å². The van der Waals surface area contributed by atoms with E-state index < -0.39 is 27.6 Å². The first-order valence-corrected chi connectivity index (χ1v) is 8.49. The minimum atomic E-state index is -5.33. The molecule has 0 fully saturated rings. The molecule has 1 heterocycles. The fourth-order valence-electron chi connectivity index (χ4n) is 2.19. The van der Waals surface area contributed by atoms with Crippen LogP contribution in [0.4, 0.5) is 3.89 Å². The van der Waals surface area contributed by atoms with Crippen molar-refractivity contribution in [1.82, 2.24) is 4.57 Å². The van der Waals surface area contributed by atoms with Gasteiger partial charge in [-0.3, -0.25) is 9.59 Å². The maximum absolute atomic E-state index is 12.8. The Morgan fingerprint density at radius 3 is 2.65 bits per heavy atom. The van der Waals surface area contributed by atoms with E-state index in [1.807, 2.05) is 0 Å². The summed E-state index contributed by atoms with van der Waals surface area (Å²) in [5.74, 6) is -1.25. The Hall–Kier alpha value is -3.03. The predicted octanol–water partition coefficient (Wildman–Crippen LogP) is 1.19. The van der Waals surface area contributed by atoms with E-state index in [2.05, 4.69) is 4.18 Å². The average molecular weight is 380 g/mol. The van der Waals surface area contributed by atoms with Gasteiger partial charge in [-0.25, -0.2) is 0 Å². The number of halogens is 1. The number of rotatable bonds is 7. The number of ether oxygens (including phenoxy) is 1. The highest BCUT2D eigenvalue weighted by atomic mass is 32.3. The van der Waals surface area contributed by atoms with Crippen molar-refractivity contribution in [2.24, 2.45) is 0 Å². The number of carbonyl (C=O) groups is 1. The van der Waals surface area contributed by atoms with Crippen molar-refractivity contribution in [3.63, 3.8) is 0 Å². The number of carbonyl (C=O) groups excluding carboxylic acids is 1. The zero-order valence-electron chi connectivity index (χ0n) is 13.5. The first-order chi connectivity index (χ1) is 12.3. The first-order valence-electron chi connectivity index (χ1n) is 7.18. The number of pyridine rings is 1. The van der Waals surface area contributed by atoms with Crippen LogP contribution in [0.25, 0.3) is 0 Å². The van der Waals surface area contributed by atoms with Crippen molar-refractivity contribution in [1.29, 1.82) is 5.26 Å². The molecule has 0 spiro atoms. The third-order valence-electron chi connectivity index (χ3n) is 3.33. The van der Waals surface area contributed by atoms with Crippen LogP contribution in [0.1, 0.15) is 21.5 Å². The third kappa shape index (κ3) is 4.53. The van der Waals surface area contributed by atoms with Crippen LogP contribution in [0, 0.1) is 11.3 Å². The molecule has 0 atom stereocenters. The van der Waals surface area contributed by atoms with E-state index in [-0.39, 0.29) is 29.8 Å². The van der Waals surface area contributed by atoms with E-state index in [1.165, 1.54) is 31.5 Å². The van der Waals surface area contributed by atoms with Crippen molar-refractivity contribution >= 4 is 16.3 Å². The number of nitriles is 1. The van der Waals surface area contributed by atoms with Crippen molar-refractivity contribution in [2.75, 3.05) is 13.7 Å². The lowest BCUT2D eigenvalue weighted by molar-refractivity contribution is 0.103. The van der Waals surface area contributed by atoms with Gasteiger partial charge in [0.1, 0.15) is 11.6 Å². The molecule has 0 amide bonds. The number of aromatic nitrogens is 1. The highest BCUT2D eigenvalue weighted by molar-refractivity contribution is 7.81. The number of methoxy groups -OCH3 is 1. The summed E-state index contributed by atoms with van der Waals surface area (Å²) in [6.07, 6.45) is 1.21. The van der Waals surface area contributed by atoms with Gasteiger partial charge in [0.25, 0.3) is 5.56 Å². The molecule has 1 aromatic carbocycles. The first kappa shape index (κ1) is 19.3. The largest absolute Gasteiger partial charge is 0.488 e. The summed E-state index contributed by atoms with van der Waals surface area (Å²) in [4.78, 5) is 24.8. The summed E-state index contributed by atoms with van der Waals surface area (Å²) in [6, 6.07) is 7.91. The summed E-state index contributed by atoms with van der Waals surface area (Å²) < 4.78 is 44.5. The number of hydrogen-bond acceptors (Lipinski definition) is 7. The van der Waals surface area contributed by atoms with Gasteiger partial charge in [0.2, 0.25) is 0 Å². The minimum absolute atomic E-state index is 0.0652. The Balaban J connectivity index is 2.54. The minimum Gasteiger partial charge on any atom is -0.383 e. The van der Waals surface area contributed by atoms with Crippen molar-refractivity contribution in [3.05, 3.63) is 63.6 Å². The van der Waals surface area contributed by atoms with E-state index in [9.17, 15) is 21.9 Å². The van der Waals surface area contributed by atoms with E-state index in [0.29, 0.717) is 0 Å². The maximum Gasteiger partial charge on any atom is 0.488 e. The van der Waals surface area contributed by atoms with Gasteiger partial charge in [-0.1, -0.05) is 16.0 Å². The topological polar surface area (TPSA) is 115 Å². The van der Waals surface area contributed by atoms with Crippen LogP contribution in [0.3, 0.4) is 0 Å². The Labute approximate surface area is 148 Å². The Bertz CT molecular complexity index is 1040. The molecule has 0 saturated carbocycles. The fourth-order valence-corrected chi connectivity index (χ4v) is 2.55. The van der Waals surface area contributed by atoms with Gasteiger partial charge in [0.15, 0.2) is 11.5 Å². The van der Waals surface area contributed by atoms with E-state index in [0.717, 1.165) is 16.7 Å². The lowest BCUT2D eigenvalue weighted by Crippen LogP contribution is -2.25. The van der Waals surface area contributed by atoms with Crippen LogP contribution in [0.2, 0.25) is 0 Å². The molecule has 1 aromatic heterocycles. The summed E-state index contributed by atoms with van der Waals surface area (Å²) in [7, 11) is -3.90. The average Bonchev–Trinajstić information content (AvgIpc) is 2.59. The second-order valence-electron chi connectivity index (χ2n) is 5.05. The second-order valence-corrected chi connectivity index (χ2v) is 6.00. The molecule has 2 rings (SSSR count). The Morgan fingerprint density at radius 2 is 2.04 bits per heavy atom. The molecule has 136 valence electrons. The normalized spacial score (nSPS) is 11.0. The number of nitrogens with zero attached hydrogens (tertiary/aromatic N) is 2. The quantitative estimate of drug-likeness (QED) is 0.523. The molecule has 0 unspecified atom stereocenters. The van der Waals surface area contributed by atoms with Gasteiger partial charge in [0.05, 0.1) is 12.2 Å². The molecular weight excluding hydrogens is 367 g/mol. The molecule has 2 aromatic rings. The van der Waals surface area contributed by atoms with Gasteiger partial charge in [-0.15, -0.1) is 0 Å². The van der Waals surface area contributed by atoms with Crippen LogP contribution in [0.5, 0.6) is 5.75 Å². The highest BCUT2D eigenvalue weighted by Gasteiger charge is 2.20. The van der Waals surface area contributed by atoms with Crippen LogP contribution in [-0.2, 0) is 21.8 Å². The monoisotopic (exact) mass is 380 g/mol. The summed E-state index contributed by atoms with van der Waals surface area (Å²) in [6.45, 7) is 0.268. The van der Waals surface area contributed by atoms with E-state index in [4.69, 9.17) is 10.00 Å². The molecule has 0 aliphatic rings. The molecular formula is C16H13FN2O6S. The van der Waals surface area contributed by atoms with Crippen molar-refractivity contribution in [3.8, 4) is 11.8 Å². The molecule has 0 radical (unpaired) electrons. The molecule has 8 nitrogen and oxygen atoms in total. The summed E-state index contributed by atoms with van der Waals surface area (Å²) >= 11 is 0. The zero-order chi connectivity index (χ0) is 19.3. The number of ketones is 1. The third-order valence-corrected chi connectivity index (χ3v) is 3.70. The SMILES string of the molecule is COCCn1cc(C(=O)c2ccccc2OS(=O)(=O)F)cc(C#N)c1=O. The lowest BCUT2D eigenvalue weighted by atomic mass is 10.0. The number of para-hydroxylation sites is 1. The second kappa shape index (κ2) is 7.90. The van der Waals surface area contributed by atoms with Gasteiger partial charge < -0.3 is 13.5 Å². The summed E-state index contributed by atoms with van der Waals surface area (Å²) in [5.41, 5.74) is -1.18. The Kier molecular flexibility index (Phi) is 5.86. The molecule has 0 aliphatic heterocycles. The lowest BCUT2D eigenvalue weighted by Gasteiger charge is -2.10. The smallest absolute Gasteiger partial charge is 0.383 e. The van der Waals surface area contributed by atoms with Crippen molar-refractivity contribution < 1.29 is 26.0 Å². The predicted molar refractivity (Wildman–Crippen MR) is 87.8 cm³/mol. The van der Waals surface area contributed by atoms with Crippen LogP contribution >= 0.6 is 0 Å². The number of hydrogen-bond donors (Lipinski definition) is 0. The zero-order valence-corrected chi connectivity index (χ0v) is 14.3. The molecule has 0 N–H and O–H groups in total. The summed E-state index contributed by atoms with van der Waals surface area (Å²) in [5, 5.41) is 9.09. The van der Waals surface area contributed by atoms with Crippen LogP contribution < -0.4 is 9.74 Å². The fraction of sp³-hybridized carbons (Fsp3) is 0.188. The van der Waals surface area contributed by atoms with E-state index >= 15 is 0 Å². The maximum atomic E-state index is 12.8. The molecule has 0 saturated heterocycles. The molecule has 0 aliphatic carbocycles.